The summed E-state index contributed by atoms with van der Waals surface area (Å²) < 4.78 is 0. The van der Waals surface area contributed by atoms with Crippen molar-refractivity contribution in [2.24, 2.45) is 0 Å². The van der Waals surface area contributed by atoms with E-state index >= 15 is 0 Å². The summed E-state index contributed by atoms with van der Waals surface area (Å²) in [7, 11) is 0. The first kappa shape index (κ1) is 16.7. The molecule has 2 N–H and O–H groups in total. The van der Waals surface area contributed by atoms with Crippen molar-refractivity contribution in [3.8, 4) is 0 Å². The molecular weight excluding hydrogens is 318 g/mol. The second-order valence-electron chi connectivity index (χ2n) is 5.82. The van der Waals surface area contributed by atoms with E-state index in [2.05, 4.69) is 10.6 Å². The van der Waals surface area contributed by atoms with Crippen LogP contribution in [0.1, 0.15) is 17.0 Å². The van der Waals surface area contributed by atoms with E-state index in [9.17, 15) is 14.4 Å². The molecule has 0 aliphatic carbocycles. The third kappa shape index (κ3) is 4.03. The van der Waals surface area contributed by atoms with Gasteiger partial charge in [-0.25, -0.2) is 4.79 Å². The van der Waals surface area contributed by atoms with Crippen LogP contribution in [-0.2, 0) is 9.59 Å². The third-order valence-corrected chi connectivity index (χ3v) is 4.15. The third-order valence-electron chi connectivity index (χ3n) is 4.15. The fraction of sp³-hybridized carbons (Fsp3) is 0.211. The van der Waals surface area contributed by atoms with E-state index in [0.717, 1.165) is 16.0 Å². The van der Waals surface area contributed by atoms with Gasteiger partial charge in [-0.2, -0.15) is 0 Å². The van der Waals surface area contributed by atoms with Gasteiger partial charge in [-0.05, 0) is 11.1 Å². The van der Waals surface area contributed by atoms with Crippen molar-refractivity contribution in [2.45, 2.75) is 5.92 Å². The van der Waals surface area contributed by atoms with Gasteiger partial charge < -0.3 is 10.6 Å². The van der Waals surface area contributed by atoms with Crippen molar-refractivity contribution >= 4 is 17.8 Å². The number of nitrogens with zero attached hydrogens (tertiary/aromatic N) is 1. The van der Waals surface area contributed by atoms with Gasteiger partial charge in [-0.1, -0.05) is 60.7 Å². The average molecular weight is 337 g/mol. The Balaban J connectivity index is 1.68. The van der Waals surface area contributed by atoms with E-state index in [1.165, 1.54) is 0 Å². The Morgan fingerprint density at radius 3 is 2.04 bits per heavy atom. The Morgan fingerprint density at radius 2 is 1.56 bits per heavy atom. The maximum absolute atomic E-state index is 12.2. The predicted octanol–water partition coefficient (Wildman–Crippen LogP) is 1.49. The number of nitrogens with one attached hydrogen (secondary N) is 2. The largest absolute Gasteiger partial charge is 0.354 e. The summed E-state index contributed by atoms with van der Waals surface area (Å²) in [4.78, 5) is 36.2. The summed E-state index contributed by atoms with van der Waals surface area (Å²) in [5, 5.41) is 5.23. The first-order valence-corrected chi connectivity index (χ1v) is 8.10. The second kappa shape index (κ2) is 7.61. The van der Waals surface area contributed by atoms with Gasteiger partial charge in [-0.3, -0.25) is 14.5 Å². The Bertz CT molecular complexity index is 706. The number of benzene rings is 2. The van der Waals surface area contributed by atoms with Crippen LogP contribution in [0.15, 0.2) is 60.7 Å². The van der Waals surface area contributed by atoms with Crippen LogP contribution in [0.3, 0.4) is 0 Å². The van der Waals surface area contributed by atoms with Crippen LogP contribution in [0.5, 0.6) is 0 Å². The highest BCUT2D eigenvalue weighted by Crippen LogP contribution is 2.23. The number of rotatable bonds is 6. The molecule has 1 saturated heterocycles. The SMILES string of the molecule is O=C(CN1C(=O)CNC1=O)NCC(c1ccccc1)c1ccccc1. The topological polar surface area (TPSA) is 78.5 Å². The van der Waals surface area contributed by atoms with Crippen LogP contribution in [0.25, 0.3) is 0 Å². The number of imide groups is 1. The molecule has 2 aromatic carbocycles. The molecule has 0 bridgehead atoms. The minimum atomic E-state index is -0.525. The van der Waals surface area contributed by atoms with Gasteiger partial charge in [0.1, 0.15) is 6.54 Å². The summed E-state index contributed by atoms with van der Waals surface area (Å²) in [6, 6.07) is 19.3. The van der Waals surface area contributed by atoms with Crippen LogP contribution in [0.2, 0.25) is 0 Å². The summed E-state index contributed by atoms with van der Waals surface area (Å²) in [6.45, 7) is 0.0697. The van der Waals surface area contributed by atoms with E-state index in [1.807, 2.05) is 60.7 Å². The Kier molecular flexibility index (Phi) is 5.09. The maximum Gasteiger partial charge on any atom is 0.325 e. The minimum Gasteiger partial charge on any atom is -0.354 e. The minimum absolute atomic E-state index is 0.00513. The van der Waals surface area contributed by atoms with Crippen LogP contribution in [0, 0.1) is 0 Å². The van der Waals surface area contributed by atoms with Crippen LogP contribution >= 0.6 is 0 Å². The highest BCUT2D eigenvalue weighted by atomic mass is 16.2. The molecule has 0 radical (unpaired) electrons. The number of carbonyl (C=O) groups excluding carboxylic acids is 3. The molecule has 0 aromatic heterocycles. The summed E-state index contributed by atoms with van der Waals surface area (Å²) in [5.41, 5.74) is 2.17. The second-order valence-corrected chi connectivity index (χ2v) is 5.82. The highest BCUT2D eigenvalue weighted by Gasteiger charge is 2.30. The lowest BCUT2D eigenvalue weighted by Gasteiger charge is -2.20. The lowest BCUT2D eigenvalue weighted by atomic mass is 9.91. The number of hydrogen-bond donors (Lipinski definition) is 2. The van der Waals surface area contributed by atoms with Gasteiger partial charge in [0.25, 0.3) is 5.91 Å². The number of hydrogen-bond acceptors (Lipinski definition) is 3. The van der Waals surface area contributed by atoms with Crippen LogP contribution in [-0.4, -0.2) is 42.4 Å². The quantitative estimate of drug-likeness (QED) is 0.784. The Morgan fingerprint density at radius 1 is 1.00 bits per heavy atom. The van der Waals surface area contributed by atoms with E-state index in [0.29, 0.717) is 6.54 Å². The molecule has 0 saturated carbocycles. The monoisotopic (exact) mass is 337 g/mol. The fourth-order valence-corrected chi connectivity index (χ4v) is 2.83. The van der Waals surface area contributed by atoms with Crippen molar-refractivity contribution < 1.29 is 14.4 Å². The maximum atomic E-state index is 12.2. The molecule has 4 amide bonds. The number of amides is 4. The molecular formula is C19H19N3O3. The van der Waals surface area contributed by atoms with Gasteiger partial charge in [-0.15, -0.1) is 0 Å². The zero-order valence-corrected chi connectivity index (χ0v) is 13.6. The molecule has 1 heterocycles. The van der Waals surface area contributed by atoms with Gasteiger partial charge in [0.2, 0.25) is 5.91 Å². The highest BCUT2D eigenvalue weighted by molar-refractivity contribution is 6.04. The molecule has 0 spiro atoms. The first-order valence-electron chi connectivity index (χ1n) is 8.10. The molecule has 128 valence electrons. The normalized spacial score (nSPS) is 13.9. The zero-order chi connectivity index (χ0) is 17.6. The fourth-order valence-electron chi connectivity index (χ4n) is 2.83. The van der Waals surface area contributed by atoms with Gasteiger partial charge >= 0.3 is 6.03 Å². The molecule has 1 aliphatic heterocycles. The molecule has 1 aliphatic rings. The van der Waals surface area contributed by atoms with Crippen molar-refractivity contribution in [1.29, 1.82) is 0 Å². The molecule has 1 fully saturated rings. The van der Waals surface area contributed by atoms with Crippen molar-refractivity contribution in [3.05, 3.63) is 71.8 Å². The number of urea groups is 1. The summed E-state index contributed by atoms with van der Waals surface area (Å²) in [5.74, 6) is -0.750. The molecule has 0 atom stereocenters. The predicted molar refractivity (Wildman–Crippen MR) is 92.8 cm³/mol. The van der Waals surface area contributed by atoms with Gasteiger partial charge in [0.15, 0.2) is 0 Å². The standard InChI is InChI=1S/C19H19N3O3/c23-17(13-22-18(24)12-21-19(22)25)20-11-16(14-7-3-1-4-8-14)15-9-5-2-6-10-15/h1-10,16H,11-13H2,(H,20,23)(H,21,25). The molecule has 2 aromatic rings. The molecule has 3 rings (SSSR count). The zero-order valence-electron chi connectivity index (χ0n) is 13.6. The van der Waals surface area contributed by atoms with Crippen molar-refractivity contribution in [1.82, 2.24) is 15.5 Å². The van der Waals surface area contributed by atoms with E-state index < -0.39 is 6.03 Å². The van der Waals surface area contributed by atoms with E-state index in [-0.39, 0.29) is 30.8 Å². The average Bonchev–Trinajstić information content (AvgIpc) is 2.96. The Labute approximate surface area is 145 Å². The van der Waals surface area contributed by atoms with Gasteiger partial charge in [0, 0.05) is 12.5 Å². The van der Waals surface area contributed by atoms with Crippen LogP contribution < -0.4 is 10.6 Å². The van der Waals surface area contributed by atoms with Gasteiger partial charge in [0.05, 0.1) is 6.54 Å². The van der Waals surface area contributed by atoms with Crippen molar-refractivity contribution in [2.75, 3.05) is 19.6 Å². The molecule has 0 unspecified atom stereocenters. The lowest BCUT2D eigenvalue weighted by Crippen LogP contribution is -2.42. The lowest BCUT2D eigenvalue weighted by molar-refractivity contribution is -0.130. The summed E-state index contributed by atoms with van der Waals surface area (Å²) >= 11 is 0. The van der Waals surface area contributed by atoms with E-state index in [1.54, 1.807) is 0 Å². The first-order chi connectivity index (χ1) is 12.1. The smallest absolute Gasteiger partial charge is 0.325 e. The summed E-state index contributed by atoms with van der Waals surface area (Å²) in [6.07, 6.45) is 0. The number of carbonyl (C=O) groups is 3. The molecule has 6 nitrogen and oxygen atoms in total. The van der Waals surface area contributed by atoms with Crippen LogP contribution in [0.4, 0.5) is 4.79 Å². The Hall–Kier alpha value is -3.15. The molecule has 25 heavy (non-hydrogen) atoms. The van der Waals surface area contributed by atoms with E-state index in [4.69, 9.17) is 0 Å². The van der Waals surface area contributed by atoms with Crippen molar-refractivity contribution in [3.63, 3.8) is 0 Å². The molecule has 6 heteroatoms.